The summed E-state index contributed by atoms with van der Waals surface area (Å²) in [6.07, 6.45) is 4.87. The van der Waals surface area contributed by atoms with Gasteiger partial charge in [0.25, 0.3) is 0 Å². The van der Waals surface area contributed by atoms with E-state index in [1.165, 1.54) is 0 Å². The summed E-state index contributed by atoms with van der Waals surface area (Å²) in [5, 5.41) is 0. The number of rotatable bonds is 2. The summed E-state index contributed by atoms with van der Waals surface area (Å²) in [7, 11) is -1.45. The Balaban J connectivity index is 1.94. The van der Waals surface area contributed by atoms with Gasteiger partial charge in [-0.3, -0.25) is 0 Å². The van der Waals surface area contributed by atoms with Crippen molar-refractivity contribution in [3.63, 3.8) is 0 Å². The van der Waals surface area contributed by atoms with Gasteiger partial charge < -0.3 is 13.9 Å². The van der Waals surface area contributed by atoms with Crippen LogP contribution in [0.1, 0.15) is 19.3 Å². The molecule has 1 heterocycles. The van der Waals surface area contributed by atoms with Crippen LogP contribution in [0, 0.1) is 0 Å². The minimum atomic E-state index is -1.45. The minimum Gasteiger partial charge on any atom is -0.548 e. The van der Waals surface area contributed by atoms with E-state index < -0.39 is 8.32 Å². The smallest absolute Gasteiger partial charge is 0.241 e. The van der Waals surface area contributed by atoms with E-state index in [1.807, 2.05) is 0 Å². The predicted molar refractivity (Wildman–Crippen MR) is 61.0 cm³/mol. The van der Waals surface area contributed by atoms with Gasteiger partial charge in [0.1, 0.15) is 0 Å². The Bertz CT molecular complexity index is 261. The zero-order chi connectivity index (χ0) is 10.9. The molecule has 15 heavy (non-hydrogen) atoms. The number of hydrogen-bond donors (Lipinski definition) is 0. The molecule has 1 fully saturated rings. The van der Waals surface area contributed by atoms with Crippen molar-refractivity contribution in [3.8, 4) is 0 Å². The van der Waals surface area contributed by atoms with Crippen LogP contribution in [0.4, 0.5) is 0 Å². The molecule has 0 aromatic heterocycles. The van der Waals surface area contributed by atoms with Crippen molar-refractivity contribution in [3.05, 3.63) is 11.8 Å². The first-order chi connectivity index (χ1) is 6.99. The summed E-state index contributed by atoms with van der Waals surface area (Å²) in [6.45, 7) is 8.10. The normalized spacial score (nSPS) is 25.4. The molecule has 4 heteroatoms. The Hall–Kier alpha value is -0.323. The number of ether oxygens (including phenoxy) is 2. The molecule has 0 N–H and O–H groups in total. The van der Waals surface area contributed by atoms with Crippen molar-refractivity contribution in [2.75, 3.05) is 13.2 Å². The van der Waals surface area contributed by atoms with Crippen LogP contribution >= 0.6 is 0 Å². The highest BCUT2D eigenvalue weighted by Crippen LogP contribution is 2.35. The zero-order valence-corrected chi connectivity index (χ0v) is 10.8. The Morgan fingerprint density at radius 3 is 2.40 bits per heavy atom. The fourth-order valence-corrected chi connectivity index (χ4v) is 3.00. The van der Waals surface area contributed by atoms with Crippen LogP contribution in [0.15, 0.2) is 11.8 Å². The molecule has 0 atom stereocenters. The van der Waals surface area contributed by atoms with Crippen LogP contribution in [-0.2, 0) is 13.9 Å². The first-order valence-corrected chi connectivity index (χ1v) is 9.06. The van der Waals surface area contributed by atoms with E-state index in [0.717, 1.165) is 38.2 Å². The molecule has 1 aliphatic heterocycles. The molecule has 0 radical (unpaired) electrons. The fraction of sp³-hybridized carbons (Fsp3) is 0.818. The van der Waals surface area contributed by atoms with Gasteiger partial charge in [-0.05, 0) is 25.7 Å². The third-order valence-corrected chi connectivity index (χ3v) is 3.52. The highest BCUT2D eigenvalue weighted by Gasteiger charge is 2.38. The molecule has 1 aliphatic carbocycles. The maximum absolute atomic E-state index is 5.97. The molecule has 1 saturated heterocycles. The van der Waals surface area contributed by atoms with E-state index in [-0.39, 0.29) is 5.79 Å². The van der Waals surface area contributed by atoms with E-state index in [0.29, 0.717) is 0 Å². The monoisotopic (exact) mass is 228 g/mol. The van der Waals surface area contributed by atoms with E-state index in [4.69, 9.17) is 13.9 Å². The molecule has 0 aromatic carbocycles. The van der Waals surface area contributed by atoms with Crippen LogP contribution in [0.2, 0.25) is 19.6 Å². The molecule has 2 rings (SSSR count). The van der Waals surface area contributed by atoms with Gasteiger partial charge in [-0.25, -0.2) is 0 Å². The van der Waals surface area contributed by atoms with Gasteiger partial charge in [0.15, 0.2) is 5.79 Å². The zero-order valence-electron chi connectivity index (χ0n) is 9.84. The van der Waals surface area contributed by atoms with Gasteiger partial charge in [-0.15, -0.1) is 0 Å². The average Bonchev–Trinajstić information content (AvgIpc) is 2.56. The predicted octanol–water partition coefficient (Wildman–Crippen LogP) is 2.65. The Kier molecular flexibility index (Phi) is 2.92. The van der Waals surface area contributed by atoms with Gasteiger partial charge in [-0.2, -0.15) is 0 Å². The summed E-state index contributed by atoms with van der Waals surface area (Å²) in [4.78, 5) is 0. The van der Waals surface area contributed by atoms with Crippen LogP contribution in [0.25, 0.3) is 0 Å². The average molecular weight is 228 g/mol. The highest BCUT2D eigenvalue weighted by atomic mass is 28.4. The first-order valence-electron chi connectivity index (χ1n) is 5.65. The van der Waals surface area contributed by atoms with Crippen molar-refractivity contribution in [1.29, 1.82) is 0 Å². The second-order valence-electron chi connectivity index (χ2n) is 5.20. The standard InChI is InChI=1S/C11H20O3Si/c1-15(2,3)14-10-4-6-11(7-5-10)12-8-9-13-11/h4H,5-9H2,1-3H3. The molecule has 0 unspecified atom stereocenters. The molecular weight excluding hydrogens is 208 g/mol. The van der Waals surface area contributed by atoms with Gasteiger partial charge in [-0.1, -0.05) is 0 Å². The van der Waals surface area contributed by atoms with Crippen molar-refractivity contribution in [1.82, 2.24) is 0 Å². The maximum Gasteiger partial charge on any atom is 0.241 e. The van der Waals surface area contributed by atoms with E-state index in [9.17, 15) is 0 Å². The van der Waals surface area contributed by atoms with Gasteiger partial charge in [0, 0.05) is 19.3 Å². The van der Waals surface area contributed by atoms with Gasteiger partial charge >= 0.3 is 0 Å². The van der Waals surface area contributed by atoms with E-state index >= 15 is 0 Å². The summed E-state index contributed by atoms with van der Waals surface area (Å²) in [6, 6.07) is 0. The van der Waals surface area contributed by atoms with Crippen LogP contribution < -0.4 is 0 Å². The third kappa shape index (κ3) is 2.83. The summed E-state index contributed by atoms with van der Waals surface area (Å²) >= 11 is 0. The maximum atomic E-state index is 5.97. The Morgan fingerprint density at radius 2 is 1.93 bits per heavy atom. The molecule has 0 saturated carbocycles. The molecular formula is C11H20O3Si. The molecule has 86 valence electrons. The lowest BCUT2D eigenvalue weighted by Gasteiger charge is -2.32. The highest BCUT2D eigenvalue weighted by molar-refractivity contribution is 6.70. The second kappa shape index (κ2) is 3.92. The van der Waals surface area contributed by atoms with Crippen molar-refractivity contribution >= 4 is 8.32 Å². The summed E-state index contributed by atoms with van der Waals surface area (Å²) in [5.74, 6) is 0.825. The first kappa shape index (κ1) is 11.2. The molecule has 0 amide bonds. The Labute approximate surface area is 92.5 Å². The molecule has 0 aromatic rings. The van der Waals surface area contributed by atoms with Crippen molar-refractivity contribution in [2.24, 2.45) is 0 Å². The lowest BCUT2D eigenvalue weighted by molar-refractivity contribution is -0.163. The Morgan fingerprint density at radius 1 is 1.27 bits per heavy atom. The number of hydrogen-bond acceptors (Lipinski definition) is 3. The molecule has 3 nitrogen and oxygen atoms in total. The summed E-state index contributed by atoms with van der Waals surface area (Å²) < 4.78 is 17.3. The van der Waals surface area contributed by atoms with Crippen LogP contribution in [-0.4, -0.2) is 27.3 Å². The van der Waals surface area contributed by atoms with Crippen LogP contribution in [0.5, 0.6) is 0 Å². The van der Waals surface area contributed by atoms with Crippen molar-refractivity contribution in [2.45, 2.75) is 44.7 Å². The lowest BCUT2D eigenvalue weighted by atomic mass is 9.99. The van der Waals surface area contributed by atoms with Gasteiger partial charge in [0.05, 0.1) is 19.0 Å². The van der Waals surface area contributed by atoms with E-state index in [1.54, 1.807) is 0 Å². The largest absolute Gasteiger partial charge is 0.548 e. The van der Waals surface area contributed by atoms with Gasteiger partial charge in [0.2, 0.25) is 8.32 Å². The SMILES string of the molecule is C[Si](C)(C)OC1=CCC2(CC1)OCCO2. The second-order valence-corrected chi connectivity index (χ2v) is 9.63. The number of allylic oxidation sites excluding steroid dienone is 1. The fourth-order valence-electron chi connectivity index (χ4n) is 2.03. The quantitative estimate of drug-likeness (QED) is 0.680. The van der Waals surface area contributed by atoms with Crippen molar-refractivity contribution < 1.29 is 13.9 Å². The molecule has 1 spiro atoms. The lowest BCUT2D eigenvalue weighted by Crippen LogP contribution is -2.34. The third-order valence-electron chi connectivity index (χ3n) is 2.64. The molecule has 2 aliphatic rings. The minimum absolute atomic E-state index is 0.313. The van der Waals surface area contributed by atoms with Crippen LogP contribution in [0.3, 0.4) is 0 Å². The summed E-state index contributed by atoms with van der Waals surface area (Å²) in [5.41, 5.74) is 0. The topological polar surface area (TPSA) is 27.7 Å². The van der Waals surface area contributed by atoms with E-state index in [2.05, 4.69) is 25.7 Å². The molecule has 0 bridgehead atoms.